The van der Waals surface area contributed by atoms with Crippen LogP contribution in [0.4, 0.5) is 17.1 Å². The lowest BCUT2D eigenvalue weighted by atomic mass is 9.74. The largest absolute Gasteiger partial charge is 0.310 e. The Balaban J connectivity index is 1.03. The zero-order valence-corrected chi connectivity index (χ0v) is 31.7. The number of benzene rings is 10. The highest BCUT2D eigenvalue weighted by Crippen LogP contribution is 2.55. The van der Waals surface area contributed by atoms with E-state index in [2.05, 4.69) is 230 Å². The fourth-order valence-corrected chi connectivity index (χ4v) is 9.50. The normalized spacial score (nSPS) is 14.5. The van der Waals surface area contributed by atoms with Gasteiger partial charge in [0.15, 0.2) is 0 Å². The summed E-state index contributed by atoms with van der Waals surface area (Å²) in [5.41, 5.74) is 14.8. The SMILES string of the molecule is CC1(c2ccccc2)c2ccccc2-c2c(-c3ccc4cc(N(c5ccc(-c6cccc7ccccc67)cc5)c5cccc6ccccc56)ccc4c3)cccc21. The average Bonchev–Trinajstić information content (AvgIpc) is 3.55. The quantitative estimate of drug-likeness (QED) is 0.165. The van der Waals surface area contributed by atoms with E-state index in [0.717, 1.165) is 17.1 Å². The summed E-state index contributed by atoms with van der Waals surface area (Å²) in [4.78, 5) is 2.41. The molecule has 1 nitrogen and oxygen atoms in total. The van der Waals surface area contributed by atoms with Crippen molar-refractivity contribution in [3.05, 3.63) is 235 Å². The molecule has 1 unspecified atom stereocenters. The van der Waals surface area contributed by atoms with Crippen molar-refractivity contribution in [2.24, 2.45) is 0 Å². The Hall–Kier alpha value is -7.22. The molecule has 1 aliphatic carbocycles. The third-order valence-electron chi connectivity index (χ3n) is 12.3. The molecule has 1 heteroatoms. The first-order valence-electron chi connectivity index (χ1n) is 19.8. The molecule has 1 aliphatic rings. The number of hydrogen-bond acceptors (Lipinski definition) is 1. The Morgan fingerprint density at radius 2 is 0.912 bits per heavy atom. The molecule has 0 amide bonds. The molecule has 0 N–H and O–H groups in total. The third-order valence-corrected chi connectivity index (χ3v) is 12.3. The van der Waals surface area contributed by atoms with Crippen LogP contribution < -0.4 is 4.90 Å². The van der Waals surface area contributed by atoms with Gasteiger partial charge in [-0.2, -0.15) is 0 Å². The van der Waals surface area contributed by atoms with Crippen molar-refractivity contribution in [1.29, 1.82) is 0 Å². The minimum absolute atomic E-state index is 0.229. The van der Waals surface area contributed by atoms with Crippen molar-refractivity contribution >= 4 is 49.4 Å². The highest BCUT2D eigenvalue weighted by atomic mass is 15.1. The van der Waals surface area contributed by atoms with Crippen LogP contribution in [0.5, 0.6) is 0 Å². The summed E-state index contributed by atoms with van der Waals surface area (Å²) in [6.45, 7) is 2.39. The predicted molar refractivity (Wildman–Crippen MR) is 242 cm³/mol. The van der Waals surface area contributed by atoms with Crippen LogP contribution in [0, 0.1) is 0 Å². The molecule has 0 radical (unpaired) electrons. The Bertz CT molecular complexity index is 3130. The lowest BCUT2D eigenvalue weighted by Crippen LogP contribution is -2.22. The van der Waals surface area contributed by atoms with E-state index in [1.54, 1.807) is 0 Å². The highest BCUT2D eigenvalue weighted by Gasteiger charge is 2.41. The summed E-state index contributed by atoms with van der Waals surface area (Å²) < 4.78 is 0. The zero-order chi connectivity index (χ0) is 37.9. The maximum Gasteiger partial charge on any atom is 0.0540 e. The van der Waals surface area contributed by atoms with E-state index in [-0.39, 0.29) is 5.41 Å². The van der Waals surface area contributed by atoms with E-state index >= 15 is 0 Å². The Morgan fingerprint density at radius 1 is 0.351 bits per heavy atom. The molecule has 0 aromatic heterocycles. The molecule has 0 heterocycles. The Morgan fingerprint density at radius 3 is 1.75 bits per heavy atom. The summed E-state index contributed by atoms with van der Waals surface area (Å²) in [6, 6.07) is 80.3. The number of fused-ring (bicyclic) bond motifs is 6. The Kier molecular flexibility index (Phi) is 7.69. The first-order chi connectivity index (χ1) is 28.1. The molecular weight excluding hydrogens is 687 g/mol. The smallest absolute Gasteiger partial charge is 0.0540 e. The summed E-state index contributed by atoms with van der Waals surface area (Å²) >= 11 is 0. The van der Waals surface area contributed by atoms with Gasteiger partial charge in [0.25, 0.3) is 0 Å². The van der Waals surface area contributed by atoms with Crippen LogP contribution in [-0.2, 0) is 5.41 Å². The number of anilines is 3. The molecule has 57 heavy (non-hydrogen) atoms. The fourth-order valence-electron chi connectivity index (χ4n) is 9.50. The van der Waals surface area contributed by atoms with Gasteiger partial charge in [0.05, 0.1) is 5.69 Å². The van der Waals surface area contributed by atoms with Gasteiger partial charge in [-0.15, -0.1) is 0 Å². The first kappa shape index (κ1) is 33.1. The average molecular weight is 726 g/mol. The molecule has 268 valence electrons. The highest BCUT2D eigenvalue weighted by molar-refractivity contribution is 6.02. The molecule has 0 saturated heterocycles. The van der Waals surface area contributed by atoms with Gasteiger partial charge in [0, 0.05) is 22.2 Å². The number of nitrogens with zero attached hydrogens (tertiary/aromatic N) is 1. The van der Waals surface area contributed by atoms with Crippen molar-refractivity contribution < 1.29 is 0 Å². The second-order valence-corrected chi connectivity index (χ2v) is 15.4. The summed E-state index contributed by atoms with van der Waals surface area (Å²) in [6.07, 6.45) is 0. The van der Waals surface area contributed by atoms with E-state index in [1.165, 1.54) is 82.4 Å². The molecule has 10 aromatic carbocycles. The van der Waals surface area contributed by atoms with Gasteiger partial charge in [-0.1, -0.05) is 182 Å². The van der Waals surface area contributed by atoms with Gasteiger partial charge in [-0.25, -0.2) is 0 Å². The van der Waals surface area contributed by atoms with E-state index in [4.69, 9.17) is 0 Å². The van der Waals surface area contributed by atoms with Gasteiger partial charge in [0.1, 0.15) is 0 Å². The Labute approximate surface area is 333 Å². The minimum atomic E-state index is -0.229. The second kappa shape index (κ2) is 13.2. The van der Waals surface area contributed by atoms with Crippen molar-refractivity contribution in [3.63, 3.8) is 0 Å². The van der Waals surface area contributed by atoms with Gasteiger partial charge in [0.2, 0.25) is 0 Å². The maximum atomic E-state index is 2.41. The van der Waals surface area contributed by atoms with Crippen LogP contribution >= 0.6 is 0 Å². The fraction of sp³-hybridized carbons (Fsp3) is 0.0357. The monoisotopic (exact) mass is 725 g/mol. The van der Waals surface area contributed by atoms with Crippen LogP contribution in [0.25, 0.3) is 65.7 Å². The molecule has 0 saturated carbocycles. The molecule has 0 aliphatic heterocycles. The molecule has 10 aromatic rings. The predicted octanol–water partition coefficient (Wildman–Crippen LogP) is 15.3. The van der Waals surface area contributed by atoms with Crippen LogP contribution in [0.3, 0.4) is 0 Å². The lowest BCUT2D eigenvalue weighted by molar-refractivity contribution is 0.714. The first-order valence-corrected chi connectivity index (χ1v) is 19.8. The number of hydrogen-bond donors (Lipinski definition) is 0. The van der Waals surface area contributed by atoms with Gasteiger partial charge in [-0.3, -0.25) is 0 Å². The topological polar surface area (TPSA) is 3.24 Å². The van der Waals surface area contributed by atoms with Crippen LogP contribution in [0.2, 0.25) is 0 Å². The van der Waals surface area contributed by atoms with Crippen molar-refractivity contribution in [1.82, 2.24) is 0 Å². The summed E-state index contributed by atoms with van der Waals surface area (Å²) in [5, 5.41) is 7.38. The molecule has 0 spiro atoms. The molecular formula is C56H39N. The standard InChI is InChI=1S/C56H39N/c1-56(44-18-3-2-4-19-44)52-25-10-9-22-51(52)55-50(24-13-26-53(55)56)43-29-28-42-37-46(35-32-41(42)36-43)57(54-27-12-17-39-15-6-8-21-49(39)54)45-33-30-40(31-34-45)48-23-11-16-38-14-5-7-20-47(38)48/h2-37H,1H3. The molecule has 11 rings (SSSR count). The van der Waals surface area contributed by atoms with Gasteiger partial charge >= 0.3 is 0 Å². The van der Waals surface area contributed by atoms with Crippen LogP contribution in [0.1, 0.15) is 23.6 Å². The van der Waals surface area contributed by atoms with Crippen molar-refractivity contribution in [2.45, 2.75) is 12.3 Å². The van der Waals surface area contributed by atoms with E-state index in [1.807, 2.05) is 0 Å². The van der Waals surface area contributed by atoms with E-state index < -0.39 is 0 Å². The lowest BCUT2D eigenvalue weighted by Gasteiger charge is -2.28. The summed E-state index contributed by atoms with van der Waals surface area (Å²) in [7, 11) is 0. The van der Waals surface area contributed by atoms with E-state index in [9.17, 15) is 0 Å². The second-order valence-electron chi connectivity index (χ2n) is 15.4. The third kappa shape index (κ3) is 5.31. The van der Waals surface area contributed by atoms with Crippen LogP contribution in [-0.4, -0.2) is 0 Å². The van der Waals surface area contributed by atoms with Crippen molar-refractivity contribution in [3.8, 4) is 33.4 Å². The van der Waals surface area contributed by atoms with Gasteiger partial charge in [-0.05, 0) is 120 Å². The molecule has 1 atom stereocenters. The molecule has 0 fully saturated rings. The molecule has 0 bridgehead atoms. The maximum absolute atomic E-state index is 2.41. The van der Waals surface area contributed by atoms with E-state index in [0.29, 0.717) is 0 Å². The minimum Gasteiger partial charge on any atom is -0.310 e. The van der Waals surface area contributed by atoms with Gasteiger partial charge < -0.3 is 4.90 Å². The van der Waals surface area contributed by atoms with Crippen LogP contribution in [0.15, 0.2) is 218 Å². The van der Waals surface area contributed by atoms with Crippen molar-refractivity contribution in [2.75, 3.05) is 4.90 Å². The zero-order valence-electron chi connectivity index (χ0n) is 31.7. The number of rotatable bonds is 6. The summed E-state index contributed by atoms with van der Waals surface area (Å²) in [5.74, 6) is 0.